The standard InChI is InChI=1S/C13H17N3O2S2/c1-9-8-19-13(16-9)7-15-10(2)11-4-3-5-12(6-11)20(14,17)18/h3-6,8,10,15H,7H2,1-2H3,(H2,14,17,18). The highest BCUT2D eigenvalue weighted by Gasteiger charge is 2.11. The number of rotatable bonds is 5. The number of nitrogens with zero attached hydrogens (tertiary/aromatic N) is 1. The minimum atomic E-state index is -3.66. The highest BCUT2D eigenvalue weighted by Crippen LogP contribution is 2.17. The molecule has 108 valence electrons. The molecule has 0 aliphatic heterocycles. The fraction of sp³-hybridized carbons (Fsp3) is 0.308. The van der Waals surface area contributed by atoms with E-state index in [4.69, 9.17) is 5.14 Å². The van der Waals surface area contributed by atoms with Crippen molar-refractivity contribution >= 4 is 21.4 Å². The van der Waals surface area contributed by atoms with Crippen LogP contribution in [0.3, 0.4) is 0 Å². The third-order valence-electron chi connectivity index (χ3n) is 2.91. The van der Waals surface area contributed by atoms with Crippen molar-refractivity contribution in [2.45, 2.75) is 31.3 Å². The van der Waals surface area contributed by atoms with Crippen LogP contribution in [0.2, 0.25) is 0 Å². The molecule has 0 saturated carbocycles. The Kier molecular flexibility index (Phi) is 4.54. The third kappa shape index (κ3) is 3.86. The summed E-state index contributed by atoms with van der Waals surface area (Å²) in [4.78, 5) is 4.51. The summed E-state index contributed by atoms with van der Waals surface area (Å²) < 4.78 is 22.7. The molecule has 0 radical (unpaired) electrons. The van der Waals surface area contributed by atoms with Crippen LogP contribution < -0.4 is 10.5 Å². The van der Waals surface area contributed by atoms with Crippen LogP contribution in [0.15, 0.2) is 34.5 Å². The number of aryl methyl sites for hydroxylation is 1. The smallest absolute Gasteiger partial charge is 0.238 e. The maximum Gasteiger partial charge on any atom is 0.238 e. The van der Waals surface area contributed by atoms with Gasteiger partial charge < -0.3 is 5.32 Å². The van der Waals surface area contributed by atoms with Crippen LogP contribution in [0, 0.1) is 6.92 Å². The van der Waals surface area contributed by atoms with Crippen LogP contribution in [0.4, 0.5) is 0 Å². The van der Waals surface area contributed by atoms with E-state index in [-0.39, 0.29) is 10.9 Å². The molecular weight excluding hydrogens is 294 g/mol. The second-order valence-electron chi connectivity index (χ2n) is 4.60. The van der Waals surface area contributed by atoms with E-state index >= 15 is 0 Å². The Labute approximate surface area is 122 Å². The molecule has 0 aliphatic rings. The minimum absolute atomic E-state index is 0.0147. The van der Waals surface area contributed by atoms with Gasteiger partial charge in [0.1, 0.15) is 5.01 Å². The van der Waals surface area contributed by atoms with Crippen LogP contribution >= 0.6 is 11.3 Å². The molecule has 20 heavy (non-hydrogen) atoms. The first-order valence-corrected chi connectivity index (χ1v) is 8.56. The number of hydrogen-bond acceptors (Lipinski definition) is 5. The lowest BCUT2D eigenvalue weighted by Gasteiger charge is -2.14. The van der Waals surface area contributed by atoms with Gasteiger partial charge in [0.2, 0.25) is 10.0 Å². The fourth-order valence-corrected chi connectivity index (χ4v) is 3.09. The van der Waals surface area contributed by atoms with E-state index in [0.29, 0.717) is 6.54 Å². The molecule has 0 saturated heterocycles. The molecule has 0 aliphatic carbocycles. The molecule has 1 unspecified atom stereocenters. The molecule has 1 atom stereocenters. The third-order valence-corrected chi connectivity index (χ3v) is 4.79. The largest absolute Gasteiger partial charge is 0.304 e. The molecule has 0 bridgehead atoms. The molecule has 1 heterocycles. The van der Waals surface area contributed by atoms with Gasteiger partial charge in [0.25, 0.3) is 0 Å². The lowest BCUT2D eigenvalue weighted by molar-refractivity contribution is 0.570. The quantitative estimate of drug-likeness (QED) is 0.884. The number of hydrogen-bond donors (Lipinski definition) is 2. The van der Waals surface area contributed by atoms with E-state index in [1.165, 1.54) is 6.07 Å². The summed E-state index contributed by atoms with van der Waals surface area (Å²) in [5, 5.41) is 11.5. The number of thiazole rings is 1. The van der Waals surface area contributed by atoms with Crippen LogP contribution in [-0.2, 0) is 16.6 Å². The van der Waals surface area contributed by atoms with Gasteiger partial charge >= 0.3 is 0 Å². The monoisotopic (exact) mass is 311 g/mol. The minimum Gasteiger partial charge on any atom is -0.304 e. The van der Waals surface area contributed by atoms with E-state index in [1.54, 1.807) is 23.5 Å². The lowest BCUT2D eigenvalue weighted by atomic mass is 10.1. The summed E-state index contributed by atoms with van der Waals surface area (Å²) in [6.07, 6.45) is 0. The number of benzene rings is 1. The summed E-state index contributed by atoms with van der Waals surface area (Å²) in [7, 11) is -3.66. The molecule has 2 aromatic rings. The Bertz CT molecular complexity index is 695. The average molecular weight is 311 g/mol. The van der Waals surface area contributed by atoms with Crippen LogP contribution in [-0.4, -0.2) is 13.4 Å². The molecule has 0 amide bonds. The topological polar surface area (TPSA) is 85.1 Å². The SMILES string of the molecule is Cc1csc(CNC(C)c2cccc(S(N)(=O)=O)c2)n1. The Morgan fingerprint density at radius 1 is 1.45 bits per heavy atom. The lowest BCUT2D eigenvalue weighted by Crippen LogP contribution is -2.19. The van der Waals surface area contributed by atoms with Crippen molar-refractivity contribution in [3.63, 3.8) is 0 Å². The summed E-state index contributed by atoms with van der Waals surface area (Å²) in [5.41, 5.74) is 1.89. The second kappa shape index (κ2) is 6.01. The molecule has 2 rings (SSSR count). The van der Waals surface area contributed by atoms with Gasteiger partial charge in [-0.25, -0.2) is 18.5 Å². The molecule has 0 spiro atoms. The van der Waals surface area contributed by atoms with E-state index in [9.17, 15) is 8.42 Å². The highest BCUT2D eigenvalue weighted by atomic mass is 32.2. The second-order valence-corrected chi connectivity index (χ2v) is 7.11. The van der Waals surface area contributed by atoms with E-state index in [2.05, 4.69) is 10.3 Å². The predicted octanol–water partition coefficient (Wildman–Crippen LogP) is 1.95. The van der Waals surface area contributed by atoms with Crippen molar-refractivity contribution < 1.29 is 8.42 Å². The maximum atomic E-state index is 11.3. The molecule has 3 N–H and O–H groups in total. The van der Waals surface area contributed by atoms with Crippen LogP contribution in [0.25, 0.3) is 0 Å². The number of nitrogens with two attached hydrogens (primary N) is 1. The van der Waals surface area contributed by atoms with Crippen molar-refractivity contribution in [2.24, 2.45) is 5.14 Å². The molecule has 1 aromatic carbocycles. The summed E-state index contributed by atoms with van der Waals surface area (Å²) in [6, 6.07) is 6.68. The van der Waals surface area contributed by atoms with Crippen molar-refractivity contribution in [3.05, 3.63) is 45.9 Å². The first kappa shape index (κ1) is 15.1. The van der Waals surface area contributed by atoms with Crippen molar-refractivity contribution in [1.29, 1.82) is 0 Å². The van der Waals surface area contributed by atoms with Gasteiger partial charge in [0, 0.05) is 23.7 Å². The fourth-order valence-electron chi connectivity index (χ4n) is 1.80. The predicted molar refractivity (Wildman–Crippen MR) is 79.9 cm³/mol. The Balaban J connectivity index is 2.07. The van der Waals surface area contributed by atoms with E-state index < -0.39 is 10.0 Å². The van der Waals surface area contributed by atoms with Gasteiger partial charge in [-0.15, -0.1) is 11.3 Å². The summed E-state index contributed by atoms with van der Waals surface area (Å²) >= 11 is 1.60. The number of aromatic nitrogens is 1. The Morgan fingerprint density at radius 3 is 2.80 bits per heavy atom. The number of sulfonamides is 1. The van der Waals surface area contributed by atoms with Crippen LogP contribution in [0.1, 0.15) is 29.2 Å². The summed E-state index contributed by atoms with van der Waals surface area (Å²) in [5.74, 6) is 0. The zero-order valence-corrected chi connectivity index (χ0v) is 13.0. The van der Waals surface area contributed by atoms with Gasteiger partial charge in [-0.1, -0.05) is 12.1 Å². The van der Waals surface area contributed by atoms with Gasteiger partial charge in [-0.05, 0) is 31.5 Å². The first-order valence-electron chi connectivity index (χ1n) is 6.13. The maximum absolute atomic E-state index is 11.3. The molecule has 5 nitrogen and oxygen atoms in total. The first-order chi connectivity index (χ1) is 9.36. The average Bonchev–Trinajstić information content (AvgIpc) is 2.81. The molecule has 0 fully saturated rings. The van der Waals surface area contributed by atoms with Gasteiger partial charge in [0.15, 0.2) is 0 Å². The van der Waals surface area contributed by atoms with Crippen molar-refractivity contribution in [1.82, 2.24) is 10.3 Å². The van der Waals surface area contributed by atoms with E-state index in [0.717, 1.165) is 16.3 Å². The highest BCUT2D eigenvalue weighted by molar-refractivity contribution is 7.89. The van der Waals surface area contributed by atoms with Crippen molar-refractivity contribution in [2.75, 3.05) is 0 Å². The summed E-state index contributed by atoms with van der Waals surface area (Å²) in [6.45, 7) is 4.58. The Hall–Kier alpha value is -1.28. The zero-order valence-electron chi connectivity index (χ0n) is 11.3. The van der Waals surface area contributed by atoms with Crippen LogP contribution in [0.5, 0.6) is 0 Å². The molecular formula is C13H17N3O2S2. The molecule has 1 aromatic heterocycles. The van der Waals surface area contributed by atoms with E-state index in [1.807, 2.05) is 25.3 Å². The van der Waals surface area contributed by atoms with Gasteiger partial charge in [0.05, 0.1) is 4.90 Å². The van der Waals surface area contributed by atoms with Gasteiger partial charge in [-0.3, -0.25) is 0 Å². The van der Waals surface area contributed by atoms with Crippen molar-refractivity contribution in [3.8, 4) is 0 Å². The number of nitrogens with one attached hydrogen (secondary N) is 1. The Morgan fingerprint density at radius 2 is 2.20 bits per heavy atom. The zero-order chi connectivity index (χ0) is 14.8. The number of primary sulfonamides is 1. The molecule has 7 heteroatoms. The normalized spacial score (nSPS) is 13.3. The van der Waals surface area contributed by atoms with Gasteiger partial charge in [-0.2, -0.15) is 0 Å².